The van der Waals surface area contributed by atoms with Gasteiger partial charge in [0.05, 0.1) is 7.11 Å². The molecule has 0 bridgehead atoms. The molecule has 1 heterocycles. The Bertz CT molecular complexity index is 932. The second kappa shape index (κ2) is 6.50. The van der Waals surface area contributed by atoms with Crippen molar-refractivity contribution in [2.45, 2.75) is 0 Å². The van der Waals surface area contributed by atoms with E-state index in [-0.39, 0.29) is 5.56 Å². The van der Waals surface area contributed by atoms with Crippen molar-refractivity contribution >= 4 is 5.69 Å². The van der Waals surface area contributed by atoms with Gasteiger partial charge in [0.25, 0.3) is 5.56 Å². The number of para-hydroxylation sites is 1. The molecule has 2 N–H and O–H groups in total. The normalized spacial score (nSPS) is 10.4. The van der Waals surface area contributed by atoms with Crippen LogP contribution in [-0.2, 0) is 7.05 Å². The average molecular weight is 322 g/mol. The van der Waals surface area contributed by atoms with Gasteiger partial charge >= 0.3 is 0 Å². The predicted molar refractivity (Wildman–Crippen MR) is 94.6 cm³/mol. The highest BCUT2D eigenvalue weighted by Gasteiger charge is 2.13. The lowest BCUT2D eigenvalue weighted by atomic mass is 10.1. The highest BCUT2D eigenvalue weighted by atomic mass is 16.5. The third kappa shape index (κ3) is 3.10. The Hall–Kier alpha value is -3.21. The van der Waals surface area contributed by atoms with Gasteiger partial charge in [0, 0.05) is 42.2 Å². The highest BCUT2D eigenvalue weighted by molar-refractivity contribution is 5.75. The van der Waals surface area contributed by atoms with E-state index >= 15 is 0 Å². The number of methoxy groups -OCH3 is 1. The van der Waals surface area contributed by atoms with Gasteiger partial charge in [-0.15, -0.1) is 0 Å². The zero-order chi connectivity index (χ0) is 17.1. The van der Waals surface area contributed by atoms with Crippen molar-refractivity contribution in [1.82, 2.24) is 4.57 Å². The van der Waals surface area contributed by atoms with Crippen LogP contribution in [0.4, 0.5) is 5.69 Å². The number of ether oxygens (including phenoxy) is 2. The molecule has 122 valence electrons. The van der Waals surface area contributed by atoms with E-state index in [0.29, 0.717) is 22.9 Å². The molecule has 0 atom stereocenters. The number of rotatable bonds is 4. The van der Waals surface area contributed by atoms with Crippen LogP contribution in [0.3, 0.4) is 0 Å². The number of aryl methyl sites for hydroxylation is 1. The van der Waals surface area contributed by atoms with Crippen molar-refractivity contribution in [3.05, 3.63) is 71.1 Å². The number of pyridine rings is 1. The minimum atomic E-state index is -0.134. The molecule has 5 nitrogen and oxygen atoms in total. The van der Waals surface area contributed by atoms with Gasteiger partial charge in [-0.05, 0) is 18.2 Å². The SMILES string of the molecule is COc1cc(=O)n(C)cc1-c1ccccc1Oc1cccc(N)c1. The number of anilines is 1. The maximum atomic E-state index is 11.8. The van der Waals surface area contributed by atoms with E-state index in [2.05, 4.69) is 0 Å². The number of benzene rings is 2. The fourth-order valence-electron chi connectivity index (χ4n) is 2.47. The molecule has 3 rings (SSSR count). The molecule has 0 spiro atoms. The zero-order valence-electron chi connectivity index (χ0n) is 13.5. The van der Waals surface area contributed by atoms with E-state index < -0.39 is 0 Å². The molecule has 0 amide bonds. The van der Waals surface area contributed by atoms with Crippen LogP contribution in [-0.4, -0.2) is 11.7 Å². The van der Waals surface area contributed by atoms with Crippen LogP contribution in [0, 0.1) is 0 Å². The van der Waals surface area contributed by atoms with Crippen molar-refractivity contribution in [3.63, 3.8) is 0 Å². The summed E-state index contributed by atoms with van der Waals surface area (Å²) in [6, 6.07) is 16.3. The van der Waals surface area contributed by atoms with Crippen molar-refractivity contribution in [3.8, 4) is 28.4 Å². The van der Waals surface area contributed by atoms with Gasteiger partial charge in [-0.2, -0.15) is 0 Å². The molecular weight excluding hydrogens is 304 g/mol. The van der Waals surface area contributed by atoms with Crippen LogP contribution in [0.25, 0.3) is 11.1 Å². The average Bonchev–Trinajstić information content (AvgIpc) is 2.57. The highest BCUT2D eigenvalue weighted by Crippen LogP contribution is 2.37. The van der Waals surface area contributed by atoms with Crippen molar-refractivity contribution in [1.29, 1.82) is 0 Å². The summed E-state index contributed by atoms with van der Waals surface area (Å²) in [4.78, 5) is 11.8. The van der Waals surface area contributed by atoms with Crippen molar-refractivity contribution < 1.29 is 9.47 Å². The molecule has 0 unspecified atom stereocenters. The number of nitrogen functional groups attached to an aromatic ring is 1. The van der Waals surface area contributed by atoms with E-state index in [1.54, 1.807) is 32.5 Å². The molecule has 0 aliphatic heterocycles. The van der Waals surface area contributed by atoms with E-state index in [1.807, 2.05) is 36.4 Å². The first-order chi connectivity index (χ1) is 11.6. The lowest BCUT2D eigenvalue weighted by molar-refractivity contribution is 0.414. The Morgan fingerprint density at radius 2 is 1.75 bits per heavy atom. The first kappa shape index (κ1) is 15.7. The number of nitrogens with zero attached hydrogens (tertiary/aromatic N) is 1. The van der Waals surface area contributed by atoms with Crippen LogP contribution < -0.4 is 20.8 Å². The Labute approximate surface area is 139 Å². The third-order valence-corrected chi connectivity index (χ3v) is 3.67. The summed E-state index contributed by atoms with van der Waals surface area (Å²) in [7, 11) is 3.24. The van der Waals surface area contributed by atoms with Crippen LogP contribution in [0.1, 0.15) is 0 Å². The summed E-state index contributed by atoms with van der Waals surface area (Å²) in [5, 5.41) is 0. The molecule has 2 aromatic carbocycles. The predicted octanol–water partition coefficient (Wildman–Crippen LogP) is 3.44. The fraction of sp³-hybridized carbons (Fsp3) is 0.105. The number of hydrogen-bond donors (Lipinski definition) is 1. The van der Waals surface area contributed by atoms with Gasteiger partial charge in [-0.3, -0.25) is 4.79 Å². The van der Waals surface area contributed by atoms with Crippen molar-refractivity contribution in [2.75, 3.05) is 12.8 Å². The number of hydrogen-bond acceptors (Lipinski definition) is 4. The maximum Gasteiger partial charge on any atom is 0.254 e. The first-order valence-corrected chi connectivity index (χ1v) is 7.46. The molecule has 24 heavy (non-hydrogen) atoms. The molecule has 0 aliphatic rings. The van der Waals surface area contributed by atoms with Crippen molar-refractivity contribution in [2.24, 2.45) is 7.05 Å². The summed E-state index contributed by atoms with van der Waals surface area (Å²) in [5.41, 5.74) is 7.90. The maximum absolute atomic E-state index is 11.8. The Balaban J connectivity index is 2.10. The Morgan fingerprint density at radius 3 is 2.50 bits per heavy atom. The lowest BCUT2D eigenvalue weighted by Gasteiger charge is -2.15. The monoisotopic (exact) mass is 322 g/mol. The lowest BCUT2D eigenvalue weighted by Crippen LogP contribution is -2.15. The minimum absolute atomic E-state index is 0.134. The van der Waals surface area contributed by atoms with Gasteiger partial charge in [-0.25, -0.2) is 0 Å². The summed E-state index contributed by atoms with van der Waals surface area (Å²) < 4.78 is 12.9. The fourth-order valence-corrected chi connectivity index (χ4v) is 2.47. The first-order valence-electron chi connectivity index (χ1n) is 7.46. The van der Waals surface area contributed by atoms with E-state index in [4.69, 9.17) is 15.2 Å². The molecule has 0 fully saturated rings. The molecule has 3 aromatic rings. The molecule has 0 aliphatic carbocycles. The molecule has 0 saturated heterocycles. The Morgan fingerprint density at radius 1 is 0.958 bits per heavy atom. The van der Waals surface area contributed by atoms with Gasteiger partial charge in [0.1, 0.15) is 17.2 Å². The Kier molecular flexibility index (Phi) is 4.24. The van der Waals surface area contributed by atoms with Gasteiger partial charge in [0.15, 0.2) is 0 Å². The summed E-state index contributed by atoms with van der Waals surface area (Å²) in [6.07, 6.45) is 1.74. The van der Waals surface area contributed by atoms with Crippen LogP contribution in [0.15, 0.2) is 65.6 Å². The van der Waals surface area contributed by atoms with Crippen LogP contribution >= 0.6 is 0 Å². The second-order valence-electron chi connectivity index (χ2n) is 5.38. The molecule has 0 saturated carbocycles. The largest absolute Gasteiger partial charge is 0.496 e. The van der Waals surface area contributed by atoms with E-state index in [9.17, 15) is 4.79 Å². The molecule has 5 heteroatoms. The zero-order valence-corrected chi connectivity index (χ0v) is 13.5. The molecule has 0 radical (unpaired) electrons. The smallest absolute Gasteiger partial charge is 0.254 e. The summed E-state index contributed by atoms with van der Waals surface area (Å²) in [6.45, 7) is 0. The summed E-state index contributed by atoms with van der Waals surface area (Å²) in [5.74, 6) is 1.80. The molecular formula is C19H18N2O3. The van der Waals surface area contributed by atoms with E-state index in [1.165, 1.54) is 10.6 Å². The quantitative estimate of drug-likeness (QED) is 0.747. The molecule has 1 aromatic heterocycles. The minimum Gasteiger partial charge on any atom is -0.496 e. The van der Waals surface area contributed by atoms with Crippen LogP contribution in [0.2, 0.25) is 0 Å². The van der Waals surface area contributed by atoms with Gasteiger partial charge in [0.2, 0.25) is 0 Å². The van der Waals surface area contributed by atoms with Gasteiger partial charge in [-0.1, -0.05) is 24.3 Å². The van der Waals surface area contributed by atoms with E-state index in [0.717, 1.165) is 11.1 Å². The second-order valence-corrected chi connectivity index (χ2v) is 5.38. The standard InChI is InChI=1S/C19H18N2O3/c1-21-12-16(18(23-2)11-19(21)22)15-8-3-4-9-17(15)24-14-7-5-6-13(20)10-14/h3-12H,20H2,1-2H3. The summed E-state index contributed by atoms with van der Waals surface area (Å²) >= 11 is 0. The number of aromatic nitrogens is 1. The third-order valence-electron chi connectivity index (χ3n) is 3.67. The topological polar surface area (TPSA) is 66.5 Å². The number of nitrogens with two attached hydrogens (primary N) is 1. The van der Waals surface area contributed by atoms with Gasteiger partial charge < -0.3 is 19.8 Å². The van der Waals surface area contributed by atoms with Crippen LogP contribution in [0.5, 0.6) is 17.2 Å².